The van der Waals surface area contributed by atoms with Crippen LogP contribution < -0.4 is 10.2 Å². The van der Waals surface area contributed by atoms with Gasteiger partial charge in [0.05, 0.1) is 39.5 Å². The molecule has 3 aromatic carbocycles. The molecule has 0 spiro atoms. The van der Waals surface area contributed by atoms with Crippen molar-refractivity contribution in [2.45, 2.75) is 25.9 Å². The summed E-state index contributed by atoms with van der Waals surface area (Å²) in [6, 6.07) is 13.0. The zero-order chi connectivity index (χ0) is 29.2. The fraction of sp³-hybridized carbons (Fsp3) is 0.179. The Hall–Kier alpha value is -5.18. The van der Waals surface area contributed by atoms with Crippen molar-refractivity contribution in [3.05, 3.63) is 77.0 Å². The van der Waals surface area contributed by atoms with Gasteiger partial charge in [-0.2, -0.15) is 18.4 Å². The van der Waals surface area contributed by atoms with E-state index < -0.39 is 23.6 Å². The van der Waals surface area contributed by atoms with E-state index in [-0.39, 0.29) is 62.6 Å². The SMILES string of the molecule is CCCC(=O)N(C)c1cc2c(C(=O)Nc3ccc(C#N)cc3C(=O)O)noc2cc1-c1ccccc1C(F)(F)F. The van der Waals surface area contributed by atoms with Crippen molar-refractivity contribution in [1.29, 1.82) is 5.26 Å². The minimum absolute atomic E-state index is 0.0319. The number of alkyl halides is 3. The third-order valence-corrected chi connectivity index (χ3v) is 6.15. The van der Waals surface area contributed by atoms with E-state index in [4.69, 9.17) is 9.78 Å². The van der Waals surface area contributed by atoms with E-state index in [0.717, 1.165) is 12.1 Å². The first kappa shape index (κ1) is 27.8. The van der Waals surface area contributed by atoms with Crippen LogP contribution >= 0.6 is 0 Å². The molecule has 0 saturated heterocycles. The van der Waals surface area contributed by atoms with Gasteiger partial charge in [0, 0.05) is 19.0 Å². The summed E-state index contributed by atoms with van der Waals surface area (Å²) in [5, 5.41) is 24.8. The van der Waals surface area contributed by atoms with Gasteiger partial charge in [-0.3, -0.25) is 9.59 Å². The number of rotatable bonds is 7. The highest BCUT2D eigenvalue weighted by Crippen LogP contribution is 2.42. The van der Waals surface area contributed by atoms with Crippen LogP contribution in [0.2, 0.25) is 0 Å². The van der Waals surface area contributed by atoms with E-state index in [9.17, 15) is 32.7 Å². The number of aromatic nitrogens is 1. The number of fused-ring (bicyclic) bond motifs is 1. The Bertz CT molecular complexity index is 1690. The first-order valence-corrected chi connectivity index (χ1v) is 11.9. The largest absolute Gasteiger partial charge is 0.478 e. The van der Waals surface area contributed by atoms with Gasteiger partial charge in [0.15, 0.2) is 11.3 Å². The zero-order valence-electron chi connectivity index (χ0n) is 21.2. The fourth-order valence-electron chi connectivity index (χ4n) is 4.19. The van der Waals surface area contributed by atoms with Gasteiger partial charge in [-0.15, -0.1) is 0 Å². The molecule has 4 aromatic rings. The first-order valence-electron chi connectivity index (χ1n) is 11.9. The maximum atomic E-state index is 13.9. The Morgan fingerprint density at radius 3 is 2.48 bits per heavy atom. The second-order valence-corrected chi connectivity index (χ2v) is 8.77. The number of nitriles is 1. The fourth-order valence-corrected chi connectivity index (χ4v) is 4.19. The standard InChI is InChI=1S/C28H21F3N4O5/c1-3-6-24(36)35(2)22-12-19-23(13-17(22)16-7-4-5-8-20(16)28(29,30)31)40-34-25(19)26(37)33-21-10-9-15(14-32)11-18(21)27(38)39/h4-5,7-13H,3,6H2,1-2H3,(H,33,37)(H,38,39). The van der Waals surface area contributed by atoms with E-state index in [1.807, 2.05) is 6.07 Å². The van der Waals surface area contributed by atoms with Gasteiger partial charge in [0.1, 0.15) is 0 Å². The molecule has 0 atom stereocenters. The summed E-state index contributed by atoms with van der Waals surface area (Å²) >= 11 is 0. The number of aromatic carboxylic acids is 1. The van der Waals surface area contributed by atoms with Gasteiger partial charge in [-0.25, -0.2) is 4.79 Å². The van der Waals surface area contributed by atoms with E-state index in [0.29, 0.717) is 6.42 Å². The lowest BCUT2D eigenvalue weighted by molar-refractivity contribution is -0.137. The molecule has 0 radical (unpaired) electrons. The molecule has 0 aliphatic heterocycles. The maximum Gasteiger partial charge on any atom is 0.417 e. The summed E-state index contributed by atoms with van der Waals surface area (Å²) in [5.74, 6) is -2.62. The maximum absolute atomic E-state index is 13.9. The van der Waals surface area contributed by atoms with Crippen LogP contribution in [0.4, 0.5) is 24.5 Å². The van der Waals surface area contributed by atoms with Crippen LogP contribution in [-0.4, -0.2) is 35.1 Å². The van der Waals surface area contributed by atoms with E-state index >= 15 is 0 Å². The number of carboxylic acids is 1. The van der Waals surface area contributed by atoms with Crippen LogP contribution in [-0.2, 0) is 11.0 Å². The van der Waals surface area contributed by atoms with Gasteiger partial charge in [-0.05, 0) is 48.4 Å². The number of anilines is 2. The number of halogens is 3. The van der Waals surface area contributed by atoms with E-state index in [1.54, 1.807) is 6.92 Å². The number of benzene rings is 3. The summed E-state index contributed by atoms with van der Waals surface area (Å²) in [4.78, 5) is 38.8. The molecule has 1 heterocycles. The smallest absolute Gasteiger partial charge is 0.417 e. The molecule has 0 aliphatic rings. The van der Waals surface area contributed by atoms with Crippen molar-refractivity contribution < 1.29 is 37.2 Å². The van der Waals surface area contributed by atoms with E-state index in [2.05, 4.69) is 10.5 Å². The molecule has 4 rings (SSSR count). The van der Waals surface area contributed by atoms with Gasteiger partial charge in [-0.1, -0.05) is 30.3 Å². The number of carbonyl (C=O) groups is 3. The highest BCUT2D eigenvalue weighted by molar-refractivity contribution is 6.14. The summed E-state index contributed by atoms with van der Waals surface area (Å²) < 4.78 is 47.0. The highest BCUT2D eigenvalue weighted by atomic mass is 19.4. The Morgan fingerprint density at radius 1 is 1.10 bits per heavy atom. The number of carboxylic acid groups (broad SMARTS) is 1. The van der Waals surface area contributed by atoms with Crippen molar-refractivity contribution in [2.24, 2.45) is 0 Å². The molecule has 1 aromatic heterocycles. The first-order chi connectivity index (χ1) is 19.0. The van der Waals surface area contributed by atoms with Crippen LogP contribution in [0.1, 0.15) is 51.7 Å². The summed E-state index contributed by atoms with van der Waals surface area (Å²) in [6.45, 7) is 1.78. The molecule has 0 bridgehead atoms. The number of nitrogens with zero attached hydrogens (tertiary/aromatic N) is 3. The molecule has 12 heteroatoms. The number of carbonyl (C=O) groups excluding carboxylic acids is 2. The molecule has 2 N–H and O–H groups in total. The molecule has 0 saturated carbocycles. The van der Waals surface area contributed by atoms with Crippen LogP contribution in [0.3, 0.4) is 0 Å². The summed E-state index contributed by atoms with van der Waals surface area (Å²) in [7, 11) is 1.42. The topological polar surface area (TPSA) is 137 Å². The molecule has 0 fully saturated rings. The minimum Gasteiger partial charge on any atom is -0.478 e. The minimum atomic E-state index is -4.69. The normalized spacial score (nSPS) is 11.2. The Kier molecular flexibility index (Phi) is 7.59. The molecular formula is C28H21F3N4O5. The molecule has 2 amide bonds. The zero-order valence-corrected chi connectivity index (χ0v) is 21.2. The number of amides is 2. The van der Waals surface area contributed by atoms with Gasteiger partial charge in [0.25, 0.3) is 5.91 Å². The van der Waals surface area contributed by atoms with E-state index in [1.165, 1.54) is 54.4 Å². The Labute approximate surface area is 225 Å². The highest BCUT2D eigenvalue weighted by Gasteiger charge is 2.35. The average molecular weight is 550 g/mol. The monoisotopic (exact) mass is 550 g/mol. The molecule has 9 nitrogen and oxygen atoms in total. The number of hydrogen-bond donors (Lipinski definition) is 2. The van der Waals surface area contributed by atoms with Crippen molar-refractivity contribution in [1.82, 2.24) is 5.16 Å². The van der Waals surface area contributed by atoms with Gasteiger partial charge < -0.3 is 19.8 Å². The lowest BCUT2D eigenvalue weighted by atomic mass is 9.95. The van der Waals surface area contributed by atoms with Crippen LogP contribution in [0.5, 0.6) is 0 Å². The molecule has 0 unspecified atom stereocenters. The average Bonchev–Trinajstić information content (AvgIpc) is 3.34. The Morgan fingerprint density at radius 2 is 1.82 bits per heavy atom. The number of nitrogens with one attached hydrogen (secondary N) is 1. The lowest BCUT2D eigenvalue weighted by Gasteiger charge is -2.22. The van der Waals surface area contributed by atoms with Crippen molar-refractivity contribution >= 4 is 40.1 Å². The van der Waals surface area contributed by atoms with Crippen molar-refractivity contribution in [3.8, 4) is 17.2 Å². The predicted octanol–water partition coefficient (Wildman–Crippen LogP) is 6.10. The third-order valence-electron chi connectivity index (χ3n) is 6.15. The second kappa shape index (κ2) is 10.9. The molecular weight excluding hydrogens is 529 g/mol. The predicted molar refractivity (Wildman–Crippen MR) is 139 cm³/mol. The Balaban J connectivity index is 1.87. The summed E-state index contributed by atoms with van der Waals surface area (Å²) in [5.41, 5.74) is -1.70. The lowest BCUT2D eigenvalue weighted by Crippen LogP contribution is -2.26. The third kappa shape index (κ3) is 5.35. The summed E-state index contributed by atoms with van der Waals surface area (Å²) in [6.07, 6.45) is -4.07. The van der Waals surface area contributed by atoms with Crippen LogP contribution in [0.25, 0.3) is 22.1 Å². The second-order valence-electron chi connectivity index (χ2n) is 8.77. The molecule has 204 valence electrons. The molecule has 40 heavy (non-hydrogen) atoms. The van der Waals surface area contributed by atoms with Gasteiger partial charge >= 0.3 is 12.1 Å². The van der Waals surface area contributed by atoms with Gasteiger partial charge in [0.2, 0.25) is 5.91 Å². The quantitative estimate of drug-likeness (QED) is 0.284. The van der Waals surface area contributed by atoms with Crippen LogP contribution in [0, 0.1) is 11.3 Å². The van der Waals surface area contributed by atoms with Crippen molar-refractivity contribution in [3.63, 3.8) is 0 Å². The molecule has 0 aliphatic carbocycles. The van der Waals surface area contributed by atoms with Crippen LogP contribution in [0.15, 0.2) is 59.1 Å². The van der Waals surface area contributed by atoms with Crippen molar-refractivity contribution in [2.75, 3.05) is 17.3 Å². The number of hydrogen-bond acceptors (Lipinski definition) is 6.